The van der Waals surface area contributed by atoms with Gasteiger partial charge in [-0.15, -0.1) is 0 Å². The maximum atomic E-state index is 5.72. The van der Waals surface area contributed by atoms with Crippen LogP contribution in [0.5, 0.6) is 11.5 Å². The molecule has 1 saturated heterocycles. The molecule has 21 heavy (non-hydrogen) atoms. The van der Waals surface area contributed by atoms with Crippen molar-refractivity contribution in [2.75, 3.05) is 25.1 Å². The second kappa shape index (κ2) is 8.13. The van der Waals surface area contributed by atoms with Gasteiger partial charge in [0.2, 0.25) is 0 Å². The van der Waals surface area contributed by atoms with E-state index in [9.17, 15) is 0 Å². The number of hydrogen-bond donors (Lipinski definition) is 1. The first-order valence-corrected chi connectivity index (χ1v) is 8.04. The minimum absolute atomic E-state index is 0.380. The highest BCUT2D eigenvalue weighted by Crippen LogP contribution is 2.31. The van der Waals surface area contributed by atoms with Crippen LogP contribution in [0.3, 0.4) is 0 Å². The van der Waals surface area contributed by atoms with Crippen molar-refractivity contribution in [2.24, 2.45) is 0 Å². The van der Waals surface area contributed by atoms with Crippen LogP contribution in [-0.2, 0) is 4.74 Å². The largest absolute Gasteiger partial charge is 0.490 e. The molecule has 1 heterocycles. The maximum absolute atomic E-state index is 5.72. The fourth-order valence-electron chi connectivity index (χ4n) is 2.67. The van der Waals surface area contributed by atoms with Crippen LogP contribution in [0.2, 0.25) is 0 Å². The smallest absolute Gasteiger partial charge is 0.163 e. The van der Waals surface area contributed by atoms with Gasteiger partial charge in [-0.25, -0.2) is 0 Å². The Balaban J connectivity index is 2.03. The van der Waals surface area contributed by atoms with Crippen molar-refractivity contribution in [3.05, 3.63) is 18.2 Å². The van der Waals surface area contributed by atoms with E-state index in [1.165, 1.54) is 0 Å². The average molecular weight is 293 g/mol. The second-order valence-corrected chi connectivity index (χ2v) is 5.29. The van der Waals surface area contributed by atoms with Gasteiger partial charge < -0.3 is 19.5 Å². The quantitative estimate of drug-likeness (QED) is 0.829. The molecule has 2 rings (SSSR count). The van der Waals surface area contributed by atoms with Crippen molar-refractivity contribution in [3.8, 4) is 11.5 Å². The number of nitrogens with one attached hydrogen (secondary N) is 1. The predicted molar refractivity (Wildman–Crippen MR) is 85.5 cm³/mol. The Bertz CT molecular complexity index is 436. The summed E-state index contributed by atoms with van der Waals surface area (Å²) < 4.78 is 17.0. The van der Waals surface area contributed by atoms with E-state index in [4.69, 9.17) is 14.2 Å². The molecule has 1 aromatic rings. The van der Waals surface area contributed by atoms with Crippen LogP contribution in [0.4, 0.5) is 5.69 Å². The molecule has 2 atom stereocenters. The van der Waals surface area contributed by atoms with Gasteiger partial charge in [0, 0.05) is 24.4 Å². The van der Waals surface area contributed by atoms with E-state index >= 15 is 0 Å². The van der Waals surface area contributed by atoms with E-state index in [1.54, 1.807) is 0 Å². The van der Waals surface area contributed by atoms with E-state index in [1.807, 2.05) is 26.0 Å². The van der Waals surface area contributed by atoms with Crippen LogP contribution in [0, 0.1) is 0 Å². The van der Waals surface area contributed by atoms with Gasteiger partial charge in [-0.1, -0.05) is 6.92 Å². The summed E-state index contributed by atoms with van der Waals surface area (Å²) >= 11 is 0. The number of benzene rings is 1. The summed E-state index contributed by atoms with van der Waals surface area (Å²) in [7, 11) is 0. The summed E-state index contributed by atoms with van der Waals surface area (Å²) in [6, 6.07) is 6.54. The fraction of sp³-hybridized carbons (Fsp3) is 0.647. The van der Waals surface area contributed by atoms with Crippen LogP contribution in [-0.4, -0.2) is 32.0 Å². The molecule has 0 saturated carbocycles. The molecule has 0 amide bonds. The molecule has 1 aliphatic rings. The highest BCUT2D eigenvalue weighted by molar-refractivity contribution is 5.55. The van der Waals surface area contributed by atoms with Crippen LogP contribution in [0.15, 0.2) is 18.2 Å². The highest BCUT2D eigenvalue weighted by atomic mass is 16.5. The highest BCUT2D eigenvalue weighted by Gasteiger charge is 2.21. The van der Waals surface area contributed by atoms with Crippen LogP contribution >= 0.6 is 0 Å². The van der Waals surface area contributed by atoms with Gasteiger partial charge in [0.15, 0.2) is 11.5 Å². The van der Waals surface area contributed by atoms with E-state index in [-0.39, 0.29) is 0 Å². The molecule has 0 aromatic heterocycles. The molecule has 1 N–H and O–H groups in total. The van der Waals surface area contributed by atoms with Crippen molar-refractivity contribution in [3.63, 3.8) is 0 Å². The van der Waals surface area contributed by atoms with Gasteiger partial charge >= 0.3 is 0 Å². The molecule has 1 fully saturated rings. The second-order valence-electron chi connectivity index (χ2n) is 5.29. The van der Waals surface area contributed by atoms with E-state index in [2.05, 4.69) is 18.3 Å². The Kier molecular flexibility index (Phi) is 6.18. The molecule has 0 spiro atoms. The summed E-state index contributed by atoms with van der Waals surface area (Å²) in [6.45, 7) is 8.27. The van der Waals surface area contributed by atoms with Gasteiger partial charge in [-0.3, -0.25) is 0 Å². The van der Waals surface area contributed by atoms with Gasteiger partial charge in [0.25, 0.3) is 0 Å². The molecule has 1 aromatic carbocycles. The molecule has 118 valence electrons. The molecule has 4 heteroatoms. The molecule has 0 bridgehead atoms. The minimum atomic E-state index is 0.380. The van der Waals surface area contributed by atoms with Gasteiger partial charge in [0.1, 0.15) is 0 Å². The third kappa shape index (κ3) is 4.53. The first-order valence-electron chi connectivity index (χ1n) is 8.04. The average Bonchev–Trinajstić information content (AvgIpc) is 2.50. The van der Waals surface area contributed by atoms with Crippen LogP contribution < -0.4 is 14.8 Å². The molecule has 1 aliphatic heterocycles. The van der Waals surface area contributed by atoms with Crippen molar-refractivity contribution < 1.29 is 14.2 Å². The first kappa shape index (κ1) is 16.0. The zero-order valence-electron chi connectivity index (χ0n) is 13.4. The number of anilines is 1. The predicted octanol–water partition coefficient (Wildman–Crippen LogP) is 3.85. The molecule has 4 nitrogen and oxygen atoms in total. The van der Waals surface area contributed by atoms with E-state index in [0.717, 1.165) is 43.1 Å². The zero-order valence-corrected chi connectivity index (χ0v) is 13.4. The lowest BCUT2D eigenvalue weighted by atomic mass is 10.0. The van der Waals surface area contributed by atoms with Gasteiger partial charge in [-0.05, 0) is 45.2 Å². The minimum Gasteiger partial charge on any atom is -0.490 e. The SMILES string of the molecule is CCOc1ccc(NC2CCOC(CC)C2)cc1OCC. The monoisotopic (exact) mass is 293 g/mol. The van der Waals surface area contributed by atoms with Crippen molar-refractivity contribution >= 4 is 5.69 Å². The first-order chi connectivity index (χ1) is 10.3. The molecular weight excluding hydrogens is 266 g/mol. The Morgan fingerprint density at radius 3 is 2.62 bits per heavy atom. The Labute approximate surface area is 127 Å². The van der Waals surface area contributed by atoms with Crippen LogP contribution in [0.1, 0.15) is 40.0 Å². The summed E-state index contributed by atoms with van der Waals surface area (Å²) in [5.74, 6) is 1.62. The lowest BCUT2D eigenvalue weighted by Gasteiger charge is -2.30. The maximum Gasteiger partial charge on any atom is 0.163 e. The van der Waals surface area contributed by atoms with Crippen molar-refractivity contribution in [1.82, 2.24) is 0 Å². The lowest BCUT2D eigenvalue weighted by Crippen LogP contribution is -2.33. The molecule has 0 aliphatic carbocycles. The molecule has 0 radical (unpaired) electrons. The van der Waals surface area contributed by atoms with Gasteiger partial charge in [0.05, 0.1) is 19.3 Å². The topological polar surface area (TPSA) is 39.7 Å². The molecular formula is C17H27NO3. The van der Waals surface area contributed by atoms with Gasteiger partial charge in [-0.2, -0.15) is 0 Å². The standard InChI is InChI=1S/C17H27NO3/c1-4-15-11-14(9-10-21-15)18-13-7-8-16(19-5-2)17(12-13)20-6-3/h7-8,12,14-15,18H,4-6,9-11H2,1-3H3. The normalized spacial score (nSPS) is 21.9. The zero-order chi connectivity index (χ0) is 15.1. The number of rotatable bonds is 7. The summed E-state index contributed by atoms with van der Waals surface area (Å²) in [5.41, 5.74) is 1.09. The third-order valence-electron chi connectivity index (χ3n) is 3.74. The number of hydrogen-bond acceptors (Lipinski definition) is 4. The van der Waals surface area contributed by atoms with Crippen molar-refractivity contribution in [1.29, 1.82) is 0 Å². The van der Waals surface area contributed by atoms with E-state index < -0.39 is 0 Å². The summed E-state index contributed by atoms with van der Waals surface area (Å²) in [4.78, 5) is 0. The van der Waals surface area contributed by atoms with Crippen LogP contribution in [0.25, 0.3) is 0 Å². The number of ether oxygens (including phenoxy) is 3. The van der Waals surface area contributed by atoms with Crippen molar-refractivity contribution in [2.45, 2.75) is 52.2 Å². The summed E-state index contributed by atoms with van der Waals surface area (Å²) in [5, 5.41) is 3.60. The molecule has 2 unspecified atom stereocenters. The Morgan fingerprint density at radius 2 is 1.90 bits per heavy atom. The summed E-state index contributed by atoms with van der Waals surface area (Å²) in [6.07, 6.45) is 3.57. The third-order valence-corrected chi connectivity index (χ3v) is 3.74. The Hall–Kier alpha value is -1.42. The fourth-order valence-corrected chi connectivity index (χ4v) is 2.67. The lowest BCUT2D eigenvalue weighted by molar-refractivity contribution is 0.00925. The Morgan fingerprint density at radius 1 is 1.14 bits per heavy atom. The van der Waals surface area contributed by atoms with E-state index in [0.29, 0.717) is 25.4 Å².